The van der Waals surface area contributed by atoms with Gasteiger partial charge in [0.2, 0.25) is 0 Å². The monoisotopic (exact) mass is 258 g/mol. The first-order valence-electron chi connectivity index (χ1n) is 5.05. The van der Waals surface area contributed by atoms with Crippen LogP contribution < -0.4 is 9.47 Å². The molecule has 0 aliphatic rings. The number of esters is 1. The van der Waals surface area contributed by atoms with Gasteiger partial charge in [0, 0.05) is 6.42 Å². The summed E-state index contributed by atoms with van der Waals surface area (Å²) >= 11 is 5.92. The lowest BCUT2D eigenvalue weighted by molar-refractivity contribution is -0.140. The molecule has 0 aliphatic carbocycles. The Labute approximate surface area is 105 Å². The number of halogens is 1. The van der Waals surface area contributed by atoms with Crippen molar-refractivity contribution in [2.24, 2.45) is 0 Å². The van der Waals surface area contributed by atoms with E-state index in [9.17, 15) is 4.79 Å². The molecule has 1 aromatic rings. The Hall–Kier alpha value is -1.42. The summed E-state index contributed by atoms with van der Waals surface area (Å²) in [5.41, 5.74) is 0.803. The standard InChI is InChI=1S/C12H15ClO4/c1-15-9-4-5-11(16-2)8(6-9)7-10(13)12(14)17-3/h4-6,10H,7H2,1-3H3. The largest absolute Gasteiger partial charge is 0.497 e. The van der Waals surface area contributed by atoms with E-state index in [0.717, 1.165) is 5.56 Å². The first kappa shape index (κ1) is 13.6. The molecule has 1 unspecified atom stereocenters. The Bertz CT molecular complexity index is 392. The zero-order valence-electron chi connectivity index (χ0n) is 10.0. The molecule has 0 heterocycles. The Morgan fingerprint density at radius 2 is 2.00 bits per heavy atom. The molecule has 0 aromatic heterocycles. The Morgan fingerprint density at radius 3 is 2.53 bits per heavy atom. The van der Waals surface area contributed by atoms with Crippen LogP contribution in [0.2, 0.25) is 0 Å². The molecule has 94 valence electrons. The van der Waals surface area contributed by atoms with Crippen molar-refractivity contribution in [1.29, 1.82) is 0 Å². The zero-order chi connectivity index (χ0) is 12.8. The van der Waals surface area contributed by atoms with E-state index in [2.05, 4.69) is 4.74 Å². The minimum atomic E-state index is -0.735. The van der Waals surface area contributed by atoms with Gasteiger partial charge in [-0.05, 0) is 23.8 Å². The summed E-state index contributed by atoms with van der Waals surface area (Å²) in [6.45, 7) is 0. The zero-order valence-corrected chi connectivity index (χ0v) is 10.8. The number of carbonyl (C=O) groups excluding carboxylic acids is 1. The molecule has 0 aliphatic heterocycles. The highest BCUT2D eigenvalue weighted by molar-refractivity contribution is 6.30. The van der Waals surface area contributed by atoms with E-state index in [0.29, 0.717) is 17.9 Å². The highest BCUT2D eigenvalue weighted by Gasteiger charge is 2.18. The van der Waals surface area contributed by atoms with Crippen LogP contribution in [0.4, 0.5) is 0 Å². The quantitative estimate of drug-likeness (QED) is 0.599. The summed E-state index contributed by atoms with van der Waals surface area (Å²) < 4.78 is 14.9. The fourth-order valence-corrected chi connectivity index (χ4v) is 1.70. The Morgan fingerprint density at radius 1 is 1.29 bits per heavy atom. The first-order valence-corrected chi connectivity index (χ1v) is 5.48. The third-order valence-electron chi connectivity index (χ3n) is 2.34. The van der Waals surface area contributed by atoms with E-state index < -0.39 is 11.3 Å². The van der Waals surface area contributed by atoms with Gasteiger partial charge in [0.1, 0.15) is 16.9 Å². The maximum Gasteiger partial charge on any atom is 0.324 e. The number of alkyl halides is 1. The molecule has 0 N–H and O–H groups in total. The second-order valence-corrected chi connectivity index (χ2v) is 3.90. The molecule has 0 spiro atoms. The molecule has 0 amide bonds. The number of benzene rings is 1. The van der Waals surface area contributed by atoms with Crippen molar-refractivity contribution in [2.45, 2.75) is 11.8 Å². The molecule has 1 rings (SSSR count). The Balaban J connectivity index is 2.91. The lowest BCUT2D eigenvalue weighted by Crippen LogP contribution is -2.19. The van der Waals surface area contributed by atoms with Gasteiger partial charge in [-0.3, -0.25) is 4.79 Å². The van der Waals surface area contributed by atoms with Crippen LogP contribution in [0.25, 0.3) is 0 Å². The number of methoxy groups -OCH3 is 3. The van der Waals surface area contributed by atoms with Crippen molar-refractivity contribution in [1.82, 2.24) is 0 Å². The summed E-state index contributed by atoms with van der Waals surface area (Å²) in [4.78, 5) is 11.2. The van der Waals surface area contributed by atoms with E-state index in [1.807, 2.05) is 0 Å². The molecular weight excluding hydrogens is 244 g/mol. The van der Waals surface area contributed by atoms with Gasteiger partial charge in [-0.1, -0.05) is 0 Å². The molecule has 17 heavy (non-hydrogen) atoms. The molecule has 1 aromatic carbocycles. The lowest BCUT2D eigenvalue weighted by Gasteiger charge is -2.12. The molecule has 0 saturated heterocycles. The molecule has 0 bridgehead atoms. The summed E-state index contributed by atoms with van der Waals surface area (Å²) in [6, 6.07) is 5.34. The van der Waals surface area contributed by atoms with Crippen LogP contribution >= 0.6 is 11.6 Å². The maximum atomic E-state index is 11.2. The summed E-state index contributed by atoms with van der Waals surface area (Å²) in [5.74, 6) is 0.895. The fourth-order valence-electron chi connectivity index (χ4n) is 1.45. The second-order valence-electron chi connectivity index (χ2n) is 3.37. The van der Waals surface area contributed by atoms with Crippen LogP contribution in [0.5, 0.6) is 11.5 Å². The van der Waals surface area contributed by atoms with E-state index >= 15 is 0 Å². The van der Waals surface area contributed by atoms with Gasteiger partial charge < -0.3 is 14.2 Å². The smallest absolute Gasteiger partial charge is 0.324 e. The van der Waals surface area contributed by atoms with Crippen molar-refractivity contribution in [3.05, 3.63) is 23.8 Å². The van der Waals surface area contributed by atoms with Crippen molar-refractivity contribution in [2.75, 3.05) is 21.3 Å². The molecule has 4 nitrogen and oxygen atoms in total. The second kappa shape index (κ2) is 6.35. The van der Waals surface area contributed by atoms with Crippen LogP contribution in [0, 0.1) is 0 Å². The van der Waals surface area contributed by atoms with Crippen molar-refractivity contribution in [3.8, 4) is 11.5 Å². The SMILES string of the molecule is COC(=O)C(Cl)Cc1cc(OC)ccc1OC. The lowest BCUT2D eigenvalue weighted by atomic mass is 10.1. The number of hydrogen-bond acceptors (Lipinski definition) is 4. The van der Waals surface area contributed by atoms with E-state index in [-0.39, 0.29) is 0 Å². The highest BCUT2D eigenvalue weighted by Crippen LogP contribution is 2.26. The van der Waals surface area contributed by atoms with E-state index in [1.54, 1.807) is 32.4 Å². The topological polar surface area (TPSA) is 44.8 Å². The normalized spacial score (nSPS) is 11.8. The first-order chi connectivity index (χ1) is 8.12. The number of rotatable bonds is 5. The average Bonchev–Trinajstić information content (AvgIpc) is 2.37. The number of ether oxygens (including phenoxy) is 3. The average molecular weight is 259 g/mol. The fraction of sp³-hybridized carbons (Fsp3) is 0.417. The van der Waals surface area contributed by atoms with Gasteiger partial charge in [0.25, 0.3) is 0 Å². The minimum absolute atomic E-state index is 0.328. The van der Waals surface area contributed by atoms with Crippen LogP contribution in [-0.2, 0) is 16.0 Å². The van der Waals surface area contributed by atoms with Gasteiger partial charge in [-0.15, -0.1) is 11.6 Å². The van der Waals surface area contributed by atoms with Crippen LogP contribution in [0.3, 0.4) is 0 Å². The minimum Gasteiger partial charge on any atom is -0.497 e. The Kier molecular flexibility index (Phi) is 5.10. The maximum absolute atomic E-state index is 11.2. The third kappa shape index (κ3) is 3.53. The van der Waals surface area contributed by atoms with E-state index in [1.165, 1.54) is 7.11 Å². The van der Waals surface area contributed by atoms with Crippen LogP contribution in [-0.4, -0.2) is 32.7 Å². The van der Waals surface area contributed by atoms with Crippen LogP contribution in [0.1, 0.15) is 5.56 Å². The predicted octanol–water partition coefficient (Wildman–Crippen LogP) is 2.03. The van der Waals surface area contributed by atoms with Gasteiger partial charge in [0.05, 0.1) is 21.3 Å². The van der Waals surface area contributed by atoms with Gasteiger partial charge >= 0.3 is 5.97 Å². The van der Waals surface area contributed by atoms with Gasteiger partial charge in [-0.2, -0.15) is 0 Å². The summed E-state index contributed by atoms with van der Waals surface area (Å²) in [5, 5.41) is -0.735. The predicted molar refractivity (Wildman–Crippen MR) is 64.9 cm³/mol. The van der Waals surface area contributed by atoms with Gasteiger partial charge in [-0.25, -0.2) is 0 Å². The molecular formula is C12H15ClO4. The van der Waals surface area contributed by atoms with Crippen LogP contribution in [0.15, 0.2) is 18.2 Å². The highest BCUT2D eigenvalue weighted by atomic mass is 35.5. The molecule has 0 fully saturated rings. The molecule has 0 radical (unpaired) electrons. The summed E-state index contributed by atoms with van der Waals surface area (Å²) in [6.07, 6.45) is 0.328. The van der Waals surface area contributed by atoms with E-state index in [4.69, 9.17) is 21.1 Å². The molecule has 1 atom stereocenters. The van der Waals surface area contributed by atoms with Crippen molar-refractivity contribution in [3.63, 3.8) is 0 Å². The van der Waals surface area contributed by atoms with Gasteiger partial charge in [0.15, 0.2) is 0 Å². The van der Waals surface area contributed by atoms with Crippen molar-refractivity contribution < 1.29 is 19.0 Å². The molecule has 0 saturated carbocycles. The number of carbonyl (C=O) groups is 1. The summed E-state index contributed by atoms with van der Waals surface area (Å²) in [7, 11) is 4.44. The van der Waals surface area contributed by atoms with Crippen molar-refractivity contribution >= 4 is 17.6 Å². The molecule has 5 heteroatoms. The number of hydrogen-bond donors (Lipinski definition) is 0. The third-order valence-corrected chi connectivity index (χ3v) is 2.68.